The van der Waals surface area contributed by atoms with Crippen molar-refractivity contribution in [3.63, 3.8) is 0 Å². The van der Waals surface area contributed by atoms with Crippen LogP contribution in [0.3, 0.4) is 0 Å². The van der Waals surface area contributed by atoms with Crippen molar-refractivity contribution in [3.8, 4) is 11.6 Å². The molecule has 1 aliphatic carbocycles. The molecular formula is C22H22Cl2N4O4. The number of benzene rings is 1. The van der Waals surface area contributed by atoms with Crippen LogP contribution >= 0.6 is 23.2 Å². The Morgan fingerprint density at radius 3 is 2.84 bits per heavy atom. The fourth-order valence-corrected chi connectivity index (χ4v) is 4.63. The second kappa shape index (κ2) is 8.96. The first-order valence-electron chi connectivity index (χ1n) is 10.3. The highest BCUT2D eigenvalue weighted by Gasteiger charge is 2.55. The Balaban J connectivity index is 1.47. The van der Waals surface area contributed by atoms with E-state index in [1.807, 2.05) is 6.92 Å². The summed E-state index contributed by atoms with van der Waals surface area (Å²) in [7, 11) is 0. The van der Waals surface area contributed by atoms with Gasteiger partial charge in [-0.25, -0.2) is 9.78 Å². The largest absolute Gasteiger partial charge is 0.435 e. The molecule has 1 aliphatic heterocycles. The van der Waals surface area contributed by atoms with Gasteiger partial charge in [0.05, 0.1) is 10.7 Å². The molecule has 32 heavy (non-hydrogen) atoms. The zero-order valence-electron chi connectivity index (χ0n) is 17.4. The molecule has 1 saturated heterocycles. The average molecular weight is 477 g/mol. The molecule has 10 heteroatoms. The van der Waals surface area contributed by atoms with Crippen LogP contribution in [0.25, 0.3) is 0 Å². The minimum Gasteiger partial charge on any atom is -0.435 e. The third-order valence-corrected chi connectivity index (χ3v) is 6.42. The van der Waals surface area contributed by atoms with Gasteiger partial charge in [-0.1, -0.05) is 55.1 Å². The van der Waals surface area contributed by atoms with Gasteiger partial charge in [0.15, 0.2) is 5.75 Å². The number of carbonyl (C=O) groups is 3. The highest BCUT2D eigenvalue weighted by molar-refractivity contribution is 6.35. The van der Waals surface area contributed by atoms with Crippen LogP contribution in [0.15, 0.2) is 36.5 Å². The topological polar surface area (TPSA) is 101 Å². The number of hydrogen-bond acceptors (Lipinski definition) is 5. The van der Waals surface area contributed by atoms with Crippen molar-refractivity contribution in [1.82, 2.24) is 15.2 Å². The predicted molar refractivity (Wildman–Crippen MR) is 120 cm³/mol. The summed E-state index contributed by atoms with van der Waals surface area (Å²) in [5.74, 6) is -0.425. The summed E-state index contributed by atoms with van der Waals surface area (Å²) < 4.78 is 5.74. The van der Waals surface area contributed by atoms with E-state index >= 15 is 0 Å². The Morgan fingerprint density at radius 2 is 2.09 bits per heavy atom. The predicted octanol–water partition coefficient (Wildman–Crippen LogP) is 4.62. The van der Waals surface area contributed by atoms with Crippen LogP contribution in [0.4, 0.5) is 10.5 Å². The second-order valence-corrected chi connectivity index (χ2v) is 8.87. The van der Waals surface area contributed by atoms with Crippen molar-refractivity contribution in [3.05, 3.63) is 46.6 Å². The van der Waals surface area contributed by atoms with Gasteiger partial charge < -0.3 is 15.4 Å². The third-order valence-electron chi connectivity index (χ3n) is 5.94. The molecule has 2 N–H and O–H groups in total. The van der Waals surface area contributed by atoms with Crippen LogP contribution in [0.1, 0.15) is 32.6 Å². The molecule has 0 bridgehead atoms. The van der Waals surface area contributed by atoms with Crippen molar-refractivity contribution in [2.24, 2.45) is 5.92 Å². The molecule has 2 atom stereocenters. The number of imide groups is 1. The Kier molecular flexibility index (Phi) is 6.26. The minimum absolute atomic E-state index is 0.0199. The maximum absolute atomic E-state index is 13.1. The Hall–Kier alpha value is -2.84. The first-order valence-corrected chi connectivity index (χ1v) is 11.1. The number of hydrogen-bond donors (Lipinski definition) is 2. The van der Waals surface area contributed by atoms with Crippen LogP contribution in [-0.2, 0) is 9.59 Å². The molecule has 2 aliphatic rings. The molecule has 0 radical (unpaired) electrons. The third kappa shape index (κ3) is 4.25. The maximum Gasteiger partial charge on any atom is 0.325 e. The Morgan fingerprint density at radius 1 is 1.31 bits per heavy atom. The maximum atomic E-state index is 13.1. The molecule has 2 heterocycles. The molecule has 4 rings (SSSR count). The van der Waals surface area contributed by atoms with Gasteiger partial charge in [-0.05, 0) is 37.0 Å². The zero-order valence-corrected chi connectivity index (χ0v) is 18.9. The number of anilines is 1. The molecule has 2 aromatic rings. The van der Waals surface area contributed by atoms with Crippen LogP contribution in [-0.4, -0.2) is 39.8 Å². The van der Waals surface area contributed by atoms with Crippen molar-refractivity contribution in [2.75, 3.05) is 11.9 Å². The number of rotatable bonds is 5. The number of nitrogens with zero attached hydrogens (tertiary/aromatic N) is 2. The van der Waals surface area contributed by atoms with E-state index in [1.54, 1.807) is 24.3 Å². The monoisotopic (exact) mass is 476 g/mol. The van der Waals surface area contributed by atoms with Gasteiger partial charge in [-0.3, -0.25) is 14.5 Å². The van der Waals surface area contributed by atoms with E-state index in [9.17, 15) is 14.4 Å². The molecular weight excluding hydrogens is 455 g/mol. The van der Waals surface area contributed by atoms with Crippen molar-refractivity contribution < 1.29 is 19.1 Å². The van der Waals surface area contributed by atoms with Crippen LogP contribution < -0.4 is 15.4 Å². The molecule has 2 unspecified atom stereocenters. The number of halogens is 2. The highest BCUT2D eigenvalue weighted by Crippen LogP contribution is 2.38. The van der Waals surface area contributed by atoms with Crippen molar-refractivity contribution >= 4 is 46.7 Å². The molecule has 1 saturated carbocycles. The fourth-order valence-electron chi connectivity index (χ4n) is 4.21. The number of amides is 4. The van der Waals surface area contributed by atoms with Gasteiger partial charge in [0.1, 0.15) is 17.1 Å². The molecule has 2 fully saturated rings. The number of nitrogens with one attached hydrogen (secondary N) is 2. The first kappa shape index (κ1) is 22.4. The van der Waals surface area contributed by atoms with E-state index in [0.29, 0.717) is 22.9 Å². The van der Waals surface area contributed by atoms with Gasteiger partial charge in [0, 0.05) is 6.20 Å². The quantitative estimate of drug-likeness (QED) is 0.613. The van der Waals surface area contributed by atoms with E-state index in [0.717, 1.165) is 24.2 Å². The molecule has 8 nitrogen and oxygen atoms in total. The van der Waals surface area contributed by atoms with Crippen molar-refractivity contribution in [2.45, 2.75) is 38.1 Å². The van der Waals surface area contributed by atoms with Gasteiger partial charge in [0.25, 0.3) is 5.91 Å². The number of ether oxygens (including phenoxy) is 1. The summed E-state index contributed by atoms with van der Waals surface area (Å²) in [5.41, 5.74) is -0.564. The number of aromatic nitrogens is 1. The van der Waals surface area contributed by atoms with E-state index < -0.39 is 24.0 Å². The lowest BCUT2D eigenvalue weighted by Gasteiger charge is -2.36. The lowest BCUT2D eigenvalue weighted by atomic mass is 9.73. The first-order chi connectivity index (χ1) is 15.3. The van der Waals surface area contributed by atoms with E-state index in [2.05, 4.69) is 15.6 Å². The van der Waals surface area contributed by atoms with Crippen LogP contribution in [0, 0.1) is 5.92 Å². The van der Waals surface area contributed by atoms with Gasteiger partial charge >= 0.3 is 6.03 Å². The zero-order chi connectivity index (χ0) is 22.9. The normalized spacial score (nSPS) is 22.7. The highest BCUT2D eigenvalue weighted by atomic mass is 35.5. The summed E-state index contributed by atoms with van der Waals surface area (Å²) in [4.78, 5) is 43.3. The van der Waals surface area contributed by atoms with E-state index in [1.165, 1.54) is 12.3 Å². The van der Waals surface area contributed by atoms with E-state index in [-0.39, 0.29) is 22.7 Å². The summed E-state index contributed by atoms with van der Waals surface area (Å²) in [6.07, 6.45) is 4.72. The molecule has 1 aromatic heterocycles. The number of pyridine rings is 1. The minimum atomic E-state index is -0.909. The molecule has 1 aromatic carbocycles. The summed E-state index contributed by atoms with van der Waals surface area (Å²) in [6.45, 7) is 1.57. The molecule has 1 spiro atoms. The lowest BCUT2D eigenvalue weighted by Crippen LogP contribution is -2.54. The summed E-state index contributed by atoms with van der Waals surface area (Å²) in [6, 6.07) is 7.65. The number of carbonyl (C=O) groups excluding carboxylic acids is 3. The van der Waals surface area contributed by atoms with Gasteiger partial charge in [-0.2, -0.15) is 0 Å². The molecule has 168 valence electrons. The Bertz CT molecular complexity index is 1080. The SMILES string of the molecule is CC1CCCCC12NC(=O)N(CC(=O)Nc1ccccc1Oc1ncc(Cl)cc1Cl)C2=O. The average Bonchev–Trinajstić information content (AvgIpc) is 2.98. The smallest absolute Gasteiger partial charge is 0.325 e. The lowest BCUT2D eigenvalue weighted by molar-refractivity contribution is -0.136. The fraction of sp³-hybridized carbons (Fsp3) is 0.364. The summed E-state index contributed by atoms with van der Waals surface area (Å²) in [5, 5.41) is 6.12. The van der Waals surface area contributed by atoms with Crippen molar-refractivity contribution in [1.29, 1.82) is 0 Å². The second-order valence-electron chi connectivity index (χ2n) is 8.03. The van der Waals surface area contributed by atoms with Crippen LogP contribution in [0.2, 0.25) is 10.0 Å². The van der Waals surface area contributed by atoms with Gasteiger partial charge in [-0.15, -0.1) is 0 Å². The van der Waals surface area contributed by atoms with Crippen LogP contribution in [0.5, 0.6) is 11.6 Å². The summed E-state index contributed by atoms with van der Waals surface area (Å²) >= 11 is 12.0. The van der Waals surface area contributed by atoms with Gasteiger partial charge in [0.2, 0.25) is 11.8 Å². The van der Waals surface area contributed by atoms with E-state index in [4.69, 9.17) is 27.9 Å². The standard InChI is InChI=1S/C22H22Cl2N4O4/c1-13-6-4-5-9-22(13)20(30)28(21(31)27-22)12-18(29)26-16-7-2-3-8-17(16)32-19-15(24)10-14(23)11-25-19/h2-3,7-8,10-11,13H,4-6,9,12H2,1H3,(H,26,29)(H,27,31). The molecule has 4 amide bonds. The number of urea groups is 1. The Labute approximate surface area is 195 Å². The number of para-hydroxylation sites is 2.